The van der Waals surface area contributed by atoms with Crippen LogP contribution in [0.15, 0.2) is 0 Å². The summed E-state index contributed by atoms with van der Waals surface area (Å²) in [4.78, 5) is 2.37. The molecule has 0 aromatic rings. The van der Waals surface area contributed by atoms with Gasteiger partial charge < -0.3 is 5.11 Å². The summed E-state index contributed by atoms with van der Waals surface area (Å²) in [5, 5.41) is 19.4. The molecular weight excluding hydrogens is 224 g/mol. The molecular formula is C15H26N2O. The smallest absolute Gasteiger partial charge is 0.0758 e. The van der Waals surface area contributed by atoms with Gasteiger partial charge in [0.05, 0.1) is 17.6 Å². The van der Waals surface area contributed by atoms with Crippen LogP contribution >= 0.6 is 0 Å². The first-order chi connectivity index (χ1) is 8.55. The van der Waals surface area contributed by atoms with Crippen LogP contribution in [0.1, 0.15) is 52.4 Å². The van der Waals surface area contributed by atoms with E-state index in [9.17, 15) is 10.4 Å². The fraction of sp³-hybridized carbons (Fsp3) is 0.933. The Morgan fingerprint density at radius 2 is 2.22 bits per heavy atom. The average molecular weight is 250 g/mol. The highest BCUT2D eigenvalue weighted by Gasteiger charge is 2.40. The van der Waals surface area contributed by atoms with E-state index in [1.165, 1.54) is 19.3 Å². The summed E-state index contributed by atoms with van der Waals surface area (Å²) in [5.74, 6) is 0.960. The maximum atomic E-state index is 10.1. The third-order valence-electron chi connectivity index (χ3n) is 4.74. The fourth-order valence-electron chi connectivity index (χ4n) is 3.72. The number of likely N-dealkylation sites (tertiary alicyclic amines) is 1. The van der Waals surface area contributed by atoms with Crippen molar-refractivity contribution in [3.63, 3.8) is 0 Å². The van der Waals surface area contributed by atoms with E-state index < -0.39 is 5.60 Å². The van der Waals surface area contributed by atoms with Crippen molar-refractivity contribution in [2.45, 2.75) is 64.0 Å². The highest BCUT2D eigenvalue weighted by molar-refractivity contribution is 5.01. The highest BCUT2D eigenvalue weighted by Crippen LogP contribution is 2.37. The van der Waals surface area contributed by atoms with E-state index in [-0.39, 0.29) is 5.92 Å². The summed E-state index contributed by atoms with van der Waals surface area (Å²) in [5.41, 5.74) is -0.544. The van der Waals surface area contributed by atoms with Gasteiger partial charge in [0.1, 0.15) is 0 Å². The molecule has 1 saturated heterocycles. The van der Waals surface area contributed by atoms with Crippen LogP contribution in [0.3, 0.4) is 0 Å². The number of aliphatic hydroxyl groups is 1. The van der Waals surface area contributed by atoms with E-state index in [4.69, 9.17) is 0 Å². The molecule has 0 radical (unpaired) electrons. The lowest BCUT2D eigenvalue weighted by atomic mass is 9.76. The van der Waals surface area contributed by atoms with Crippen LogP contribution in [0.25, 0.3) is 0 Å². The molecule has 1 heterocycles. The van der Waals surface area contributed by atoms with Crippen molar-refractivity contribution in [2.24, 2.45) is 11.8 Å². The fourth-order valence-corrected chi connectivity index (χ4v) is 3.72. The second-order valence-corrected chi connectivity index (χ2v) is 6.49. The molecule has 2 fully saturated rings. The minimum atomic E-state index is -0.544. The Morgan fingerprint density at radius 3 is 2.78 bits per heavy atom. The van der Waals surface area contributed by atoms with Crippen molar-refractivity contribution in [1.82, 2.24) is 4.90 Å². The number of rotatable bonds is 3. The van der Waals surface area contributed by atoms with Crippen LogP contribution < -0.4 is 0 Å². The topological polar surface area (TPSA) is 47.3 Å². The lowest BCUT2D eigenvalue weighted by molar-refractivity contribution is 0.0474. The van der Waals surface area contributed by atoms with Gasteiger partial charge in [-0.15, -0.1) is 0 Å². The van der Waals surface area contributed by atoms with Crippen molar-refractivity contribution < 1.29 is 5.11 Å². The molecule has 2 rings (SSSR count). The molecule has 0 spiro atoms. The first kappa shape index (κ1) is 13.8. The number of nitrogens with zero attached hydrogens (tertiary/aromatic N) is 2. The minimum Gasteiger partial charge on any atom is -0.389 e. The maximum absolute atomic E-state index is 10.1. The molecule has 3 nitrogen and oxygen atoms in total. The molecule has 4 unspecified atom stereocenters. The van der Waals surface area contributed by atoms with E-state index in [1.807, 2.05) is 6.92 Å². The monoisotopic (exact) mass is 250 g/mol. The molecule has 0 amide bonds. The van der Waals surface area contributed by atoms with Crippen LogP contribution in [0.2, 0.25) is 0 Å². The average Bonchev–Trinajstić information content (AvgIpc) is 2.70. The van der Waals surface area contributed by atoms with E-state index in [2.05, 4.69) is 17.9 Å². The Labute approximate surface area is 111 Å². The Morgan fingerprint density at radius 1 is 1.44 bits per heavy atom. The molecule has 3 heteroatoms. The van der Waals surface area contributed by atoms with Gasteiger partial charge >= 0.3 is 0 Å². The molecule has 0 aromatic carbocycles. The zero-order chi connectivity index (χ0) is 13.2. The number of β-amino-alcohol motifs (C(OH)–C–C–N with tert-alkyl or cyclic N) is 1. The first-order valence-corrected chi connectivity index (χ1v) is 7.42. The lowest BCUT2D eigenvalue weighted by Gasteiger charge is -2.38. The summed E-state index contributed by atoms with van der Waals surface area (Å²) in [7, 11) is 0. The van der Waals surface area contributed by atoms with Gasteiger partial charge in [0.2, 0.25) is 0 Å². The quantitative estimate of drug-likeness (QED) is 0.837. The number of hydrogen-bond acceptors (Lipinski definition) is 3. The second-order valence-electron chi connectivity index (χ2n) is 6.49. The summed E-state index contributed by atoms with van der Waals surface area (Å²) < 4.78 is 0. The minimum absolute atomic E-state index is 0.173. The van der Waals surface area contributed by atoms with E-state index in [0.29, 0.717) is 6.04 Å². The van der Waals surface area contributed by atoms with Crippen LogP contribution in [-0.2, 0) is 0 Å². The normalized spacial score (nSPS) is 41.8. The molecule has 0 bridgehead atoms. The molecule has 0 aromatic heterocycles. The van der Waals surface area contributed by atoms with Gasteiger partial charge in [0, 0.05) is 19.1 Å². The van der Waals surface area contributed by atoms with Gasteiger partial charge in [-0.05, 0) is 38.5 Å². The largest absolute Gasteiger partial charge is 0.389 e. The summed E-state index contributed by atoms with van der Waals surface area (Å²) in [6.07, 6.45) is 6.80. The number of nitriles is 1. The van der Waals surface area contributed by atoms with E-state index in [0.717, 1.165) is 38.3 Å². The van der Waals surface area contributed by atoms with Gasteiger partial charge in [-0.3, -0.25) is 4.90 Å². The van der Waals surface area contributed by atoms with Crippen LogP contribution in [0.4, 0.5) is 0 Å². The Kier molecular flexibility index (Phi) is 4.29. The van der Waals surface area contributed by atoms with Crippen LogP contribution in [-0.4, -0.2) is 34.7 Å². The Bertz CT molecular complexity index is 321. The van der Waals surface area contributed by atoms with Gasteiger partial charge in [0.15, 0.2) is 0 Å². The lowest BCUT2D eigenvalue weighted by Crippen LogP contribution is -2.44. The van der Waals surface area contributed by atoms with Crippen molar-refractivity contribution in [2.75, 3.05) is 13.1 Å². The number of hydrogen-bond donors (Lipinski definition) is 1. The molecule has 2 aliphatic rings. The van der Waals surface area contributed by atoms with Crippen molar-refractivity contribution in [1.29, 1.82) is 5.26 Å². The predicted molar refractivity (Wildman–Crippen MR) is 72.0 cm³/mol. The van der Waals surface area contributed by atoms with Crippen molar-refractivity contribution >= 4 is 0 Å². The summed E-state index contributed by atoms with van der Waals surface area (Å²) >= 11 is 0. The Hall–Kier alpha value is -0.590. The van der Waals surface area contributed by atoms with Crippen LogP contribution in [0, 0.1) is 23.2 Å². The predicted octanol–water partition coefficient (Wildman–Crippen LogP) is 2.55. The van der Waals surface area contributed by atoms with E-state index in [1.54, 1.807) is 0 Å². The maximum Gasteiger partial charge on any atom is 0.0758 e. The molecule has 4 atom stereocenters. The molecule has 18 heavy (non-hydrogen) atoms. The summed E-state index contributed by atoms with van der Waals surface area (Å²) in [6.45, 7) is 5.86. The molecule has 1 aliphatic heterocycles. The van der Waals surface area contributed by atoms with Gasteiger partial charge in [0.25, 0.3) is 0 Å². The zero-order valence-electron chi connectivity index (χ0n) is 11.7. The zero-order valence-corrected chi connectivity index (χ0v) is 11.7. The standard InChI is InChI=1S/C15H26N2O/c1-3-4-12-5-6-13(10-16)14(9-12)17-8-7-15(2,18)11-17/h12-14,18H,3-9,11H2,1-2H3. The molecule has 1 N–H and O–H groups in total. The van der Waals surface area contributed by atoms with Crippen molar-refractivity contribution in [3.05, 3.63) is 0 Å². The Balaban J connectivity index is 2.01. The van der Waals surface area contributed by atoms with Gasteiger partial charge in [-0.2, -0.15) is 5.26 Å². The van der Waals surface area contributed by atoms with Gasteiger partial charge in [-0.25, -0.2) is 0 Å². The highest BCUT2D eigenvalue weighted by atomic mass is 16.3. The third-order valence-corrected chi connectivity index (χ3v) is 4.74. The second kappa shape index (κ2) is 5.59. The first-order valence-electron chi connectivity index (χ1n) is 7.42. The van der Waals surface area contributed by atoms with Gasteiger partial charge in [-0.1, -0.05) is 19.8 Å². The van der Waals surface area contributed by atoms with E-state index >= 15 is 0 Å². The van der Waals surface area contributed by atoms with Crippen LogP contribution in [0.5, 0.6) is 0 Å². The molecule has 102 valence electrons. The van der Waals surface area contributed by atoms with Crippen molar-refractivity contribution in [3.8, 4) is 6.07 Å². The molecule has 1 aliphatic carbocycles. The summed E-state index contributed by atoms with van der Waals surface area (Å²) in [6, 6.07) is 2.88. The third kappa shape index (κ3) is 3.05. The molecule has 1 saturated carbocycles. The SMILES string of the molecule is CCCC1CCC(C#N)C(N2CCC(C)(O)C2)C1.